The number of nitrogens with zero attached hydrogens (tertiary/aromatic N) is 2. The fraction of sp³-hybridized carbons (Fsp3) is 1.00. The van der Waals surface area contributed by atoms with E-state index in [0.29, 0.717) is 6.04 Å². The van der Waals surface area contributed by atoms with Crippen molar-refractivity contribution in [2.75, 3.05) is 39.3 Å². The Hall–Kier alpha value is -0.120. The third kappa shape index (κ3) is 7.74. The van der Waals surface area contributed by atoms with Crippen LogP contribution in [0.4, 0.5) is 0 Å². The van der Waals surface area contributed by atoms with Crippen molar-refractivity contribution < 1.29 is 0 Å². The fourth-order valence-corrected chi connectivity index (χ4v) is 2.27. The van der Waals surface area contributed by atoms with Gasteiger partial charge in [0.1, 0.15) is 0 Å². The van der Waals surface area contributed by atoms with Crippen LogP contribution in [0.1, 0.15) is 47.0 Å². The normalized spacial score (nSPS) is 13.6. The molecule has 0 aromatic heterocycles. The Balaban J connectivity index is 3.87. The SMILES string of the molecule is CCN(CC)CCN(CC)C(C)CCCCN. The van der Waals surface area contributed by atoms with Crippen LogP contribution in [0.5, 0.6) is 0 Å². The summed E-state index contributed by atoms with van der Waals surface area (Å²) < 4.78 is 0. The van der Waals surface area contributed by atoms with Crippen molar-refractivity contribution in [1.29, 1.82) is 0 Å². The van der Waals surface area contributed by atoms with Crippen molar-refractivity contribution in [3.8, 4) is 0 Å². The van der Waals surface area contributed by atoms with Crippen LogP contribution in [0.15, 0.2) is 0 Å². The van der Waals surface area contributed by atoms with Gasteiger partial charge in [-0.05, 0) is 45.9 Å². The standard InChI is InChI=1S/C14H33N3/c1-5-16(6-2)12-13-17(7-3)14(4)10-8-9-11-15/h14H,5-13,15H2,1-4H3. The van der Waals surface area contributed by atoms with Gasteiger partial charge in [-0.1, -0.05) is 27.2 Å². The number of nitrogens with two attached hydrogens (primary N) is 1. The molecule has 0 aliphatic carbocycles. The summed E-state index contributed by atoms with van der Waals surface area (Å²) in [6.07, 6.45) is 3.71. The van der Waals surface area contributed by atoms with E-state index in [1.165, 1.54) is 25.9 Å². The predicted molar refractivity (Wildman–Crippen MR) is 77.4 cm³/mol. The Labute approximate surface area is 108 Å². The maximum absolute atomic E-state index is 5.54. The van der Waals surface area contributed by atoms with Crippen molar-refractivity contribution in [2.45, 2.75) is 53.0 Å². The number of hydrogen-bond acceptors (Lipinski definition) is 3. The average Bonchev–Trinajstić information content (AvgIpc) is 2.35. The minimum atomic E-state index is 0.696. The molecule has 0 aromatic carbocycles. The molecule has 0 radical (unpaired) electrons. The fourth-order valence-electron chi connectivity index (χ4n) is 2.27. The topological polar surface area (TPSA) is 32.5 Å². The summed E-state index contributed by atoms with van der Waals surface area (Å²) in [7, 11) is 0. The lowest BCUT2D eigenvalue weighted by atomic mass is 10.1. The summed E-state index contributed by atoms with van der Waals surface area (Å²) in [6, 6.07) is 0.696. The molecule has 0 aliphatic heterocycles. The van der Waals surface area contributed by atoms with Crippen molar-refractivity contribution >= 4 is 0 Å². The van der Waals surface area contributed by atoms with E-state index in [0.717, 1.165) is 32.6 Å². The zero-order chi connectivity index (χ0) is 13.1. The highest BCUT2D eigenvalue weighted by molar-refractivity contribution is 4.68. The van der Waals surface area contributed by atoms with E-state index in [2.05, 4.69) is 37.5 Å². The van der Waals surface area contributed by atoms with E-state index in [-0.39, 0.29) is 0 Å². The van der Waals surface area contributed by atoms with Gasteiger partial charge < -0.3 is 10.6 Å². The van der Waals surface area contributed by atoms with Crippen LogP contribution in [-0.4, -0.2) is 55.1 Å². The van der Waals surface area contributed by atoms with Crippen LogP contribution < -0.4 is 5.73 Å². The molecule has 0 saturated carbocycles. The quantitative estimate of drug-likeness (QED) is 0.565. The zero-order valence-electron chi connectivity index (χ0n) is 12.4. The third-order valence-electron chi connectivity index (χ3n) is 3.70. The molecule has 0 aliphatic rings. The van der Waals surface area contributed by atoms with Crippen LogP contribution >= 0.6 is 0 Å². The molecule has 0 spiro atoms. The lowest BCUT2D eigenvalue weighted by molar-refractivity contribution is 0.172. The van der Waals surface area contributed by atoms with Gasteiger partial charge in [-0.2, -0.15) is 0 Å². The second kappa shape index (κ2) is 11.0. The molecule has 1 atom stereocenters. The number of rotatable bonds is 11. The molecule has 17 heavy (non-hydrogen) atoms. The molecular weight excluding hydrogens is 210 g/mol. The highest BCUT2D eigenvalue weighted by atomic mass is 15.2. The van der Waals surface area contributed by atoms with Gasteiger partial charge in [-0.15, -0.1) is 0 Å². The Morgan fingerprint density at radius 1 is 0.941 bits per heavy atom. The lowest BCUT2D eigenvalue weighted by Gasteiger charge is -2.30. The van der Waals surface area contributed by atoms with Gasteiger partial charge in [-0.3, -0.25) is 4.90 Å². The Morgan fingerprint density at radius 3 is 2.06 bits per heavy atom. The number of hydrogen-bond donors (Lipinski definition) is 1. The monoisotopic (exact) mass is 243 g/mol. The molecule has 3 heteroatoms. The van der Waals surface area contributed by atoms with Crippen LogP contribution in [0.2, 0.25) is 0 Å². The molecule has 104 valence electrons. The molecule has 0 fully saturated rings. The predicted octanol–water partition coefficient (Wildman–Crippen LogP) is 2.17. The van der Waals surface area contributed by atoms with Gasteiger partial charge in [0.15, 0.2) is 0 Å². The minimum Gasteiger partial charge on any atom is -0.330 e. The molecule has 0 saturated heterocycles. The van der Waals surface area contributed by atoms with Crippen LogP contribution in [0.25, 0.3) is 0 Å². The van der Waals surface area contributed by atoms with E-state index in [1.807, 2.05) is 0 Å². The van der Waals surface area contributed by atoms with E-state index in [9.17, 15) is 0 Å². The highest BCUT2D eigenvalue weighted by Crippen LogP contribution is 2.08. The van der Waals surface area contributed by atoms with Crippen LogP contribution in [-0.2, 0) is 0 Å². The van der Waals surface area contributed by atoms with Crippen molar-refractivity contribution in [3.05, 3.63) is 0 Å². The van der Waals surface area contributed by atoms with Gasteiger partial charge in [0, 0.05) is 19.1 Å². The summed E-state index contributed by atoms with van der Waals surface area (Å²) >= 11 is 0. The summed E-state index contributed by atoms with van der Waals surface area (Å²) in [6.45, 7) is 15.8. The van der Waals surface area contributed by atoms with Crippen LogP contribution in [0.3, 0.4) is 0 Å². The maximum atomic E-state index is 5.54. The first-order valence-corrected chi connectivity index (χ1v) is 7.35. The van der Waals surface area contributed by atoms with E-state index in [1.54, 1.807) is 0 Å². The molecule has 2 N–H and O–H groups in total. The number of likely N-dealkylation sites (N-methyl/N-ethyl adjacent to an activating group) is 2. The van der Waals surface area contributed by atoms with Crippen molar-refractivity contribution in [2.24, 2.45) is 5.73 Å². The van der Waals surface area contributed by atoms with Gasteiger partial charge in [0.2, 0.25) is 0 Å². The van der Waals surface area contributed by atoms with Gasteiger partial charge in [-0.25, -0.2) is 0 Å². The van der Waals surface area contributed by atoms with E-state index < -0.39 is 0 Å². The third-order valence-corrected chi connectivity index (χ3v) is 3.70. The second-order valence-corrected chi connectivity index (χ2v) is 4.79. The average molecular weight is 243 g/mol. The Morgan fingerprint density at radius 2 is 1.59 bits per heavy atom. The molecule has 3 nitrogen and oxygen atoms in total. The van der Waals surface area contributed by atoms with E-state index >= 15 is 0 Å². The van der Waals surface area contributed by atoms with Crippen LogP contribution in [0, 0.1) is 0 Å². The maximum Gasteiger partial charge on any atom is 0.0112 e. The highest BCUT2D eigenvalue weighted by Gasteiger charge is 2.12. The molecule has 0 rings (SSSR count). The second-order valence-electron chi connectivity index (χ2n) is 4.79. The summed E-state index contributed by atoms with van der Waals surface area (Å²) in [5.74, 6) is 0. The molecule has 1 unspecified atom stereocenters. The summed E-state index contributed by atoms with van der Waals surface area (Å²) in [4.78, 5) is 5.09. The first kappa shape index (κ1) is 16.9. The molecule has 0 amide bonds. The van der Waals surface area contributed by atoms with Crippen molar-refractivity contribution in [3.63, 3.8) is 0 Å². The lowest BCUT2D eigenvalue weighted by Crippen LogP contribution is -2.39. The molecular formula is C14H33N3. The van der Waals surface area contributed by atoms with Gasteiger partial charge >= 0.3 is 0 Å². The molecule has 0 bridgehead atoms. The van der Waals surface area contributed by atoms with Crippen molar-refractivity contribution in [1.82, 2.24) is 9.80 Å². The number of unbranched alkanes of at least 4 members (excludes halogenated alkanes) is 1. The first-order valence-electron chi connectivity index (χ1n) is 7.35. The Kier molecular flexibility index (Phi) is 10.9. The van der Waals surface area contributed by atoms with E-state index in [4.69, 9.17) is 5.73 Å². The first-order chi connectivity index (χ1) is 8.19. The van der Waals surface area contributed by atoms with Gasteiger partial charge in [0.05, 0.1) is 0 Å². The Bertz CT molecular complexity index is 158. The summed E-state index contributed by atoms with van der Waals surface area (Å²) in [5.41, 5.74) is 5.54. The smallest absolute Gasteiger partial charge is 0.0112 e. The zero-order valence-corrected chi connectivity index (χ0v) is 12.4. The summed E-state index contributed by atoms with van der Waals surface area (Å²) in [5, 5.41) is 0. The molecule has 0 heterocycles. The van der Waals surface area contributed by atoms with Gasteiger partial charge in [0.25, 0.3) is 0 Å². The molecule has 0 aromatic rings. The minimum absolute atomic E-state index is 0.696. The largest absolute Gasteiger partial charge is 0.330 e.